The highest BCUT2D eigenvalue weighted by atomic mass is 16.5. The number of aromatic nitrogens is 1. The Morgan fingerprint density at radius 2 is 2.24 bits per heavy atom. The Morgan fingerprint density at radius 1 is 1.47 bits per heavy atom. The Bertz CT molecular complexity index is 533. The summed E-state index contributed by atoms with van der Waals surface area (Å²) in [6, 6.07) is 8.21. The molecule has 2 aromatic rings. The van der Waals surface area contributed by atoms with Crippen LogP contribution in [0.2, 0.25) is 0 Å². The van der Waals surface area contributed by atoms with Crippen molar-refractivity contribution in [2.24, 2.45) is 0 Å². The lowest BCUT2D eigenvalue weighted by Crippen LogP contribution is -2.03. The maximum Gasteiger partial charge on any atom is 0.339 e. The van der Waals surface area contributed by atoms with E-state index in [1.54, 1.807) is 31.2 Å². The van der Waals surface area contributed by atoms with Crippen LogP contribution in [0.5, 0.6) is 5.75 Å². The number of benzene rings is 1. The van der Waals surface area contributed by atoms with Gasteiger partial charge in [-0.1, -0.05) is 17.3 Å². The van der Waals surface area contributed by atoms with E-state index in [2.05, 4.69) is 5.16 Å². The molecule has 0 atom stereocenters. The number of hydrogen-bond acceptors (Lipinski definition) is 4. The van der Waals surface area contributed by atoms with Crippen LogP contribution in [0, 0.1) is 6.92 Å². The molecule has 88 valence electrons. The third-order valence-corrected chi connectivity index (χ3v) is 2.17. The van der Waals surface area contributed by atoms with Crippen LogP contribution in [0.25, 0.3) is 0 Å². The van der Waals surface area contributed by atoms with Crippen molar-refractivity contribution in [3.8, 4) is 5.75 Å². The molecule has 0 bridgehead atoms. The van der Waals surface area contributed by atoms with Crippen molar-refractivity contribution < 1.29 is 19.2 Å². The summed E-state index contributed by atoms with van der Waals surface area (Å²) in [4.78, 5) is 10.9. The molecule has 0 aliphatic heterocycles. The normalized spacial score (nSPS) is 10.2. The van der Waals surface area contributed by atoms with Gasteiger partial charge in [0.15, 0.2) is 0 Å². The highest BCUT2D eigenvalue weighted by Gasteiger charge is 2.10. The number of para-hydroxylation sites is 1. The fraction of sp³-hybridized carbons (Fsp3) is 0.167. The van der Waals surface area contributed by atoms with Crippen molar-refractivity contribution in [2.75, 3.05) is 0 Å². The van der Waals surface area contributed by atoms with E-state index >= 15 is 0 Å². The standard InChI is InChI=1S/C12H11NO4/c1-8-6-9(13-17-8)7-16-11-5-3-2-4-10(11)12(14)15/h2-6H,7H2,1H3,(H,14,15). The van der Waals surface area contributed by atoms with Crippen LogP contribution in [0.15, 0.2) is 34.9 Å². The maximum atomic E-state index is 10.9. The molecule has 0 amide bonds. The monoisotopic (exact) mass is 233 g/mol. The maximum absolute atomic E-state index is 10.9. The molecule has 0 fully saturated rings. The van der Waals surface area contributed by atoms with Gasteiger partial charge in [0.1, 0.15) is 29.4 Å². The smallest absolute Gasteiger partial charge is 0.339 e. The molecule has 1 aromatic carbocycles. The number of nitrogens with zero attached hydrogens (tertiary/aromatic N) is 1. The molecule has 5 heteroatoms. The third-order valence-electron chi connectivity index (χ3n) is 2.17. The first-order valence-corrected chi connectivity index (χ1v) is 5.04. The molecule has 0 unspecified atom stereocenters. The quantitative estimate of drug-likeness (QED) is 0.876. The Balaban J connectivity index is 2.11. The molecular formula is C12H11NO4. The van der Waals surface area contributed by atoms with E-state index in [0.717, 1.165) is 0 Å². The third kappa shape index (κ3) is 2.63. The van der Waals surface area contributed by atoms with Gasteiger partial charge < -0.3 is 14.4 Å². The number of ether oxygens (including phenoxy) is 1. The lowest BCUT2D eigenvalue weighted by atomic mass is 10.2. The molecular weight excluding hydrogens is 222 g/mol. The minimum Gasteiger partial charge on any atom is -0.486 e. The lowest BCUT2D eigenvalue weighted by molar-refractivity contribution is 0.0691. The van der Waals surface area contributed by atoms with E-state index < -0.39 is 5.97 Å². The van der Waals surface area contributed by atoms with E-state index in [9.17, 15) is 4.79 Å². The van der Waals surface area contributed by atoms with Crippen LogP contribution in [0.4, 0.5) is 0 Å². The highest BCUT2D eigenvalue weighted by Crippen LogP contribution is 2.19. The predicted molar refractivity (Wildman–Crippen MR) is 59.0 cm³/mol. The van der Waals surface area contributed by atoms with Gasteiger partial charge in [-0.3, -0.25) is 0 Å². The zero-order valence-corrected chi connectivity index (χ0v) is 9.21. The van der Waals surface area contributed by atoms with Crippen LogP contribution >= 0.6 is 0 Å². The van der Waals surface area contributed by atoms with Gasteiger partial charge in [-0.05, 0) is 19.1 Å². The van der Waals surface area contributed by atoms with Gasteiger partial charge in [-0.25, -0.2) is 4.79 Å². The SMILES string of the molecule is Cc1cc(COc2ccccc2C(=O)O)no1. The van der Waals surface area contributed by atoms with Gasteiger partial charge in [0.25, 0.3) is 0 Å². The average Bonchev–Trinajstić information content (AvgIpc) is 2.73. The van der Waals surface area contributed by atoms with Crippen molar-refractivity contribution in [1.82, 2.24) is 5.16 Å². The fourth-order valence-corrected chi connectivity index (χ4v) is 1.41. The highest BCUT2D eigenvalue weighted by molar-refractivity contribution is 5.90. The second-order valence-corrected chi connectivity index (χ2v) is 3.52. The van der Waals surface area contributed by atoms with E-state index in [1.165, 1.54) is 6.07 Å². The molecule has 1 heterocycles. The summed E-state index contributed by atoms with van der Waals surface area (Å²) < 4.78 is 10.3. The van der Waals surface area contributed by atoms with Gasteiger partial charge in [-0.2, -0.15) is 0 Å². The van der Waals surface area contributed by atoms with Crippen molar-refractivity contribution in [3.05, 3.63) is 47.3 Å². The van der Waals surface area contributed by atoms with E-state index in [0.29, 0.717) is 17.2 Å². The summed E-state index contributed by atoms with van der Waals surface area (Å²) in [5.74, 6) is -0.00675. The zero-order chi connectivity index (χ0) is 12.3. The van der Waals surface area contributed by atoms with Crippen LogP contribution < -0.4 is 4.74 Å². The minimum atomic E-state index is -1.02. The van der Waals surface area contributed by atoms with Crippen LogP contribution in [-0.2, 0) is 6.61 Å². The second-order valence-electron chi connectivity index (χ2n) is 3.52. The summed E-state index contributed by atoms with van der Waals surface area (Å²) in [6.45, 7) is 1.96. The molecule has 5 nitrogen and oxygen atoms in total. The topological polar surface area (TPSA) is 72.6 Å². The first-order chi connectivity index (χ1) is 8.16. The van der Waals surface area contributed by atoms with Crippen molar-refractivity contribution in [1.29, 1.82) is 0 Å². The predicted octanol–water partition coefficient (Wildman–Crippen LogP) is 2.26. The summed E-state index contributed by atoms with van der Waals surface area (Å²) >= 11 is 0. The molecule has 0 radical (unpaired) electrons. The molecule has 0 aliphatic carbocycles. The molecule has 1 aromatic heterocycles. The van der Waals surface area contributed by atoms with E-state index in [4.69, 9.17) is 14.4 Å². The Morgan fingerprint density at radius 3 is 2.88 bits per heavy atom. The molecule has 0 saturated heterocycles. The van der Waals surface area contributed by atoms with Gasteiger partial charge in [0.05, 0.1) is 0 Å². The van der Waals surface area contributed by atoms with Crippen LogP contribution in [-0.4, -0.2) is 16.2 Å². The number of aromatic carboxylic acids is 1. The number of rotatable bonds is 4. The fourth-order valence-electron chi connectivity index (χ4n) is 1.41. The van der Waals surface area contributed by atoms with E-state index in [-0.39, 0.29) is 12.2 Å². The number of carboxylic acids is 1. The summed E-state index contributed by atoms with van der Waals surface area (Å²) in [5.41, 5.74) is 0.760. The minimum absolute atomic E-state index is 0.132. The number of hydrogen-bond donors (Lipinski definition) is 1. The summed E-state index contributed by atoms with van der Waals surface area (Å²) in [6.07, 6.45) is 0. The first kappa shape index (κ1) is 11.2. The molecule has 0 saturated carbocycles. The summed E-state index contributed by atoms with van der Waals surface area (Å²) in [5, 5.41) is 12.7. The van der Waals surface area contributed by atoms with Crippen molar-refractivity contribution in [2.45, 2.75) is 13.5 Å². The van der Waals surface area contributed by atoms with Crippen LogP contribution in [0.1, 0.15) is 21.8 Å². The number of carbonyl (C=O) groups is 1. The van der Waals surface area contributed by atoms with Gasteiger partial charge in [0.2, 0.25) is 0 Å². The Hall–Kier alpha value is -2.30. The lowest BCUT2D eigenvalue weighted by Gasteiger charge is -2.06. The first-order valence-electron chi connectivity index (χ1n) is 5.04. The van der Waals surface area contributed by atoms with Crippen LogP contribution in [0.3, 0.4) is 0 Å². The molecule has 1 N–H and O–H groups in total. The molecule has 2 rings (SSSR count). The molecule has 0 spiro atoms. The second kappa shape index (κ2) is 4.69. The Kier molecular flexibility index (Phi) is 3.09. The van der Waals surface area contributed by atoms with Crippen molar-refractivity contribution >= 4 is 5.97 Å². The van der Waals surface area contributed by atoms with Gasteiger partial charge in [0, 0.05) is 6.07 Å². The Labute approximate surface area is 97.6 Å². The summed E-state index contributed by atoms with van der Waals surface area (Å²) in [7, 11) is 0. The zero-order valence-electron chi connectivity index (χ0n) is 9.21. The number of aryl methyl sites for hydroxylation is 1. The van der Waals surface area contributed by atoms with Gasteiger partial charge >= 0.3 is 5.97 Å². The molecule has 0 aliphatic rings. The van der Waals surface area contributed by atoms with E-state index in [1.807, 2.05) is 0 Å². The average molecular weight is 233 g/mol. The van der Waals surface area contributed by atoms with Crippen molar-refractivity contribution in [3.63, 3.8) is 0 Å². The van der Waals surface area contributed by atoms with Gasteiger partial charge in [-0.15, -0.1) is 0 Å². The number of carboxylic acid groups (broad SMARTS) is 1. The largest absolute Gasteiger partial charge is 0.486 e. The molecule has 17 heavy (non-hydrogen) atoms.